The van der Waals surface area contributed by atoms with E-state index in [9.17, 15) is 26.4 Å². The molecule has 2 aromatic carbocycles. The molecular weight excluding hydrogens is 557 g/mol. The topological polar surface area (TPSA) is 78.9 Å². The Morgan fingerprint density at radius 2 is 1.49 bits per heavy atom. The third-order valence-corrected chi connectivity index (χ3v) is 8.60. The number of halogens is 3. The summed E-state index contributed by atoms with van der Waals surface area (Å²) < 4.78 is 77.4. The quantitative estimate of drug-likeness (QED) is 0.0643. The predicted molar refractivity (Wildman–Crippen MR) is 152 cm³/mol. The van der Waals surface area contributed by atoms with E-state index in [4.69, 9.17) is 9.47 Å². The van der Waals surface area contributed by atoms with Gasteiger partial charge in [-0.2, -0.15) is 21.6 Å². The van der Waals surface area contributed by atoms with Crippen molar-refractivity contribution in [3.8, 4) is 16.9 Å². The van der Waals surface area contributed by atoms with Crippen LogP contribution in [0.15, 0.2) is 67.3 Å². The smallest absolute Gasteiger partial charge is 0.487 e. The van der Waals surface area contributed by atoms with Crippen molar-refractivity contribution in [2.24, 2.45) is 5.92 Å². The zero-order valence-electron chi connectivity index (χ0n) is 23.2. The lowest BCUT2D eigenvalue weighted by molar-refractivity contribution is -0.137. The third kappa shape index (κ3) is 9.88. The van der Waals surface area contributed by atoms with Gasteiger partial charge in [-0.25, -0.2) is 4.79 Å². The maximum atomic E-state index is 12.8. The molecule has 226 valence electrons. The molecule has 1 atom stereocenters. The minimum Gasteiger partial charge on any atom is -0.487 e. The zero-order chi connectivity index (χ0) is 29.8. The first-order valence-corrected chi connectivity index (χ1v) is 15.6. The van der Waals surface area contributed by atoms with Crippen molar-refractivity contribution in [2.45, 2.75) is 81.7 Å². The van der Waals surface area contributed by atoms with Gasteiger partial charge in [0.1, 0.15) is 11.4 Å². The molecule has 6 nitrogen and oxygen atoms in total. The van der Waals surface area contributed by atoms with E-state index in [1.165, 1.54) is 0 Å². The van der Waals surface area contributed by atoms with Gasteiger partial charge < -0.3 is 9.47 Å². The van der Waals surface area contributed by atoms with Gasteiger partial charge in [0.25, 0.3) is 0 Å². The molecule has 1 aliphatic rings. The number of hydrogen-bond donors (Lipinski definition) is 0. The minimum absolute atomic E-state index is 0.0882. The van der Waals surface area contributed by atoms with Crippen molar-refractivity contribution in [1.82, 2.24) is 0 Å². The Morgan fingerprint density at radius 1 is 0.854 bits per heavy atom. The third-order valence-electron chi connectivity index (χ3n) is 7.55. The van der Waals surface area contributed by atoms with Crippen LogP contribution < -0.4 is 4.74 Å². The summed E-state index contributed by atoms with van der Waals surface area (Å²) in [6, 6.07) is 17.7. The highest BCUT2D eigenvalue weighted by Gasteiger charge is 2.47. The summed E-state index contributed by atoms with van der Waals surface area (Å²) in [6.45, 7) is 3.08. The Hall–Kier alpha value is -2.85. The number of esters is 1. The molecule has 0 heterocycles. The SMILES string of the molecule is C=CC(=O)OCCCCCC(CCCOS(=O)(=O)C(F)(F)F)(Oc1ccc(-c2ccccc2)cc1)C1CCCCC1. The number of carbonyl (C=O) groups is 1. The lowest BCUT2D eigenvalue weighted by atomic mass is 9.72. The summed E-state index contributed by atoms with van der Waals surface area (Å²) >= 11 is 0. The molecule has 1 unspecified atom stereocenters. The van der Waals surface area contributed by atoms with E-state index < -0.39 is 33.8 Å². The van der Waals surface area contributed by atoms with E-state index in [-0.39, 0.29) is 18.9 Å². The lowest BCUT2D eigenvalue weighted by Gasteiger charge is -2.43. The number of carbonyl (C=O) groups excluding carboxylic acids is 1. The van der Waals surface area contributed by atoms with Crippen LogP contribution >= 0.6 is 0 Å². The molecule has 1 aliphatic carbocycles. The number of hydrogen-bond acceptors (Lipinski definition) is 6. The van der Waals surface area contributed by atoms with E-state index in [0.29, 0.717) is 25.0 Å². The summed E-state index contributed by atoms with van der Waals surface area (Å²) in [5.74, 6) is 0.333. The van der Waals surface area contributed by atoms with Crippen LogP contribution in [0.2, 0.25) is 0 Å². The monoisotopic (exact) mass is 596 g/mol. The van der Waals surface area contributed by atoms with Gasteiger partial charge in [0.05, 0.1) is 13.2 Å². The van der Waals surface area contributed by atoms with Crippen LogP contribution in [0.1, 0.15) is 70.6 Å². The normalized spacial score (nSPS) is 16.1. The van der Waals surface area contributed by atoms with Gasteiger partial charge in [0, 0.05) is 6.08 Å². The molecule has 0 radical (unpaired) electrons. The molecule has 1 saturated carbocycles. The number of ether oxygens (including phenoxy) is 2. The summed E-state index contributed by atoms with van der Waals surface area (Å²) in [5.41, 5.74) is -4.07. The summed E-state index contributed by atoms with van der Waals surface area (Å²) in [5, 5.41) is 0. The number of unbranched alkanes of at least 4 members (excludes halogenated alkanes) is 2. The highest BCUT2D eigenvalue weighted by molar-refractivity contribution is 7.87. The fourth-order valence-electron chi connectivity index (χ4n) is 5.47. The van der Waals surface area contributed by atoms with E-state index >= 15 is 0 Å². The van der Waals surface area contributed by atoms with Crippen LogP contribution in [-0.2, 0) is 23.8 Å². The van der Waals surface area contributed by atoms with Crippen molar-refractivity contribution in [1.29, 1.82) is 0 Å². The Bertz CT molecular complexity index is 1190. The standard InChI is InChI=1S/C31H39F3O6S/c1-2-29(35)38-23-11-5-10-21-30(27-15-8-4-9-16-27,22-12-24-39-41(36,37)31(32,33)34)40-28-19-17-26(18-20-28)25-13-6-3-7-14-25/h2-3,6-7,13-14,17-20,27H,1,4-5,8-12,15-16,21-24H2. The van der Waals surface area contributed by atoms with E-state index in [1.54, 1.807) is 0 Å². The number of alkyl halides is 3. The highest BCUT2D eigenvalue weighted by Crippen LogP contribution is 2.42. The molecule has 0 amide bonds. The van der Waals surface area contributed by atoms with E-state index in [1.807, 2.05) is 54.6 Å². The van der Waals surface area contributed by atoms with Crippen LogP contribution in [-0.4, -0.2) is 38.7 Å². The molecular formula is C31H39F3O6S. The molecule has 3 rings (SSSR count). The molecule has 0 N–H and O–H groups in total. The minimum atomic E-state index is -5.66. The maximum absolute atomic E-state index is 12.8. The molecule has 0 aromatic heterocycles. The van der Waals surface area contributed by atoms with Crippen molar-refractivity contribution < 1.29 is 40.0 Å². The predicted octanol–water partition coefficient (Wildman–Crippen LogP) is 7.99. The zero-order valence-corrected chi connectivity index (χ0v) is 24.1. The second-order valence-electron chi connectivity index (χ2n) is 10.4. The molecule has 0 bridgehead atoms. The molecule has 10 heteroatoms. The first kappa shape index (κ1) is 32.7. The molecule has 0 saturated heterocycles. The molecule has 0 aliphatic heterocycles. The largest absolute Gasteiger partial charge is 0.523 e. The van der Waals surface area contributed by atoms with Crippen molar-refractivity contribution in [3.63, 3.8) is 0 Å². The van der Waals surface area contributed by atoms with Crippen LogP contribution in [0.3, 0.4) is 0 Å². The lowest BCUT2D eigenvalue weighted by Crippen LogP contribution is -2.45. The van der Waals surface area contributed by atoms with Gasteiger partial charge in [-0.15, -0.1) is 0 Å². The first-order valence-electron chi connectivity index (χ1n) is 14.2. The fraction of sp³-hybridized carbons (Fsp3) is 0.516. The number of benzene rings is 2. The van der Waals surface area contributed by atoms with Crippen molar-refractivity contribution >= 4 is 16.1 Å². The van der Waals surface area contributed by atoms with Crippen LogP contribution in [0.4, 0.5) is 13.2 Å². The molecule has 41 heavy (non-hydrogen) atoms. The maximum Gasteiger partial charge on any atom is 0.523 e. The molecule has 1 fully saturated rings. The van der Waals surface area contributed by atoms with E-state index in [2.05, 4.69) is 10.8 Å². The van der Waals surface area contributed by atoms with Crippen LogP contribution in [0, 0.1) is 5.92 Å². The van der Waals surface area contributed by atoms with Gasteiger partial charge in [0.2, 0.25) is 0 Å². The van der Waals surface area contributed by atoms with Gasteiger partial charge in [-0.1, -0.05) is 68.3 Å². The van der Waals surface area contributed by atoms with Crippen molar-refractivity contribution in [2.75, 3.05) is 13.2 Å². The molecule has 0 spiro atoms. The fourth-order valence-corrected chi connectivity index (χ4v) is 5.94. The Balaban J connectivity index is 1.78. The van der Waals surface area contributed by atoms with Gasteiger partial charge in [-0.3, -0.25) is 4.18 Å². The average Bonchev–Trinajstić information content (AvgIpc) is 2.97. The number of rotatable bonds is 16. The summed E-state index contributed by atoms with van der Waals surface area (Å²) in [6.07, 6.45) is 9.33. The summed E-state index contributed by atoms with van der Waals surface area (Å²) in [7, 11) is -5.66. The Kier molecular flexibility index (Phi) is 12.3. The average molecular weight is 597 g/mol. The van der Waals surface area contributed by atoms with Gasteiger partial charge in [-0.05, 0) is 80.5 Å². The van der Waals surface area contributed by atoms with Crippen molar-refractivity contribution in [3.05, 3.63) is 67.3 Å². The van der Waals surface area contributed by atoms with Crippen LogP contribution in [0.25, 0.3) is 11.1 Å². The first-order chi connectivity index (χ1) is 19.6. The second-order valence-corrected chi connectivity index (χ2v) is 12.0. The summed E-state index contributed by atoms with van der Waals surface area (Å²) in [4.78, 5) is 11.3. The molecule has 2 aromatic rings. The highest BCUT2D eigenvalue weighted by atomic mass is 32.2. The van der Waals surface area contributed by atoms with Gasteiger partial charge >= 0.3 is 21.6 Å². The van der Waals surface area contributed by atoms with Crippen LogP contribution in [0.5, 0.6) is 5.75 Å². The Morgan fingerprint density at radius 3 is 2.12 bits per heavy atom. The second kappa shape index (κ2) is 15.4. The Labute approximate surface area is 241 Å². The van der Waals surface area contributed by atoms with E-state index in [0.717, 1.165) is 62.1 Å². The van der Waals surface area contributed by atoms with Gasteiger partial charge in [0.15, 0.2) is 0 Å².